The molecule has 1 atom stereocenters. The van der Waals surface area contributed by atoms with Crippen LogP contribution in [-0.4, -0.2) is 20.8 Å². The van der Waals surface area contributed by atoms with Gasteiger partial charge in [-0.1, -0.05) is 59.6 Å². The first kappa shape index (κ1) is 25.5. The quantitative estimate of drug-likeness (QED) is 0.134. The lowest BCUT2D eigenvalue weighted by Crippen LogP contribution is -2.23. The largest absolute Gasteiger partial charge is 0.488 e. The highest BCUT2D eigenvalue weighted by atomic mass is 79.9. The number of rotatable bonds is 8. The number of benzene rings is 3. The number of fused-ring (bicyclic) bond motifs is 1. The maximum Gasteiger partial charge on any atom is 0.282 e. The van der Waals surface area contributed by atoms with Crippen molar-refractivity contribution in [3.05, 3.63) is 108 Å². The minimum atomic E-state index is -0.499. The monoisotopic (exact) mass is 568 g/mol. The van der Waals surface area contributed by atoms with E-state index in [0.29, 0.717) is 33.1 Å². The molecule has 1 heterocycles. The highest BCUT2D eigenvalue weighted by Gasteiger charge is 2.17. The molecule has 0 amide bonds. The molecule has 0 aliphatic rings. The molecule has 0 saturated heterocycles. The molecule has 4 rings (SSSR count). The molecule has 8 nitrogen and oxygen atoms in total. The fraction of sp³-hybridized carbons (Fsp3) is 0.192. The second-order valence-corrected chi connectivity index (χ2v) is 9.48. The minimum Gasteiger partial charge on any atom is -0.488 e. The van der Waals surface area contributed by atoms with E-state index in [2.05, 4.69) is 26.0 Å². The second-order valence-electron chi connectivity index (χ2n) is 8.16. The van der Waals surface area contributed by atoms with Crippen LogP contribution in [0.25, 0.3) is 10.9 Å². The summed E-state index contributed by atoms with van der Waals surface area (Å²) in [6.07, 6.45) is 2.13. The van der Waals surface area contributed by atoms with Gasteiger partial charge >= 0.3 is 0 Å². The normalized spacial score (nSPS) is 12.2. The van der Waals surface area contributed by atoms with Gasteiger partial charge in [0.1, 0.15) is 18.2 Å². The number of halogens is 2. The Labute approximate surface area is 220 Å². The highest BCUT2D eigenvalue weighted by molar-refractivity contribution is 9.10. The number of non-ortho nitro benzene ring substituents is 1. The summed E-state index contributed by atoms with van der Waals surface area (Å²) in [5.74, 6) is 0.806. The van der Waals surface area contributed by atoms with Crippen molar-refractivity contribution < 1.29 is 9.66 Å². The lowest BCUT2D eigenvalue weighted by molar-refractivity contribution is -0.384. The molecule has 1 aromatic heterocycles. The van der Waals surface area contributed by atoms with Gasteiger partial charge in [0.2, 0.25) is 0 Å². The summed E-state index contributed by atoms with van der Waals surface area (Å²) in [7, 11) is 0. The fourth-order valence-electron chi connectivity index (χ4n) is 3.55. The smallest absolute Gasteiger partial charge is 0.282 e. The Morgan fingerprint density at radius 1 is 1.22 bits per heavy atom. The zero-order valence-electron chi connectivity index (χ0n) is 19.5. The number of ether oxygens (including phenoxy) is 1. The van der Waals surface area contributed by atoms with Crippen molar-refractivity contribution in [3.63, 3.8) is 0 Å². The van der Waals surface area contributed by atoms with Crippen LogP contribution >= 0.6 is 27.5 Å². The zero-order valence-corrected chi connectivity index (χ0v) is 21.9. The van der Waals surface area contributed by atoms with E-state index in [1.54, 1.807) is 18.2 Å². The topological polar surface area (TPSA) is 99.6 Å². The average Bonchev–Trinajstić information content (AvgIpc) is 2.87. The van der Waals surface area contributed by atoms with Crippen LogP contribution < -0.4 is 10.3 Å². The molecule has 0 fully saturated rings. The maximum atomic E-state index is 13.4. The first-order valence-electron chi connectivity index (χ1n) is 11.2. The van der Waals surface area contributed by atoms with Crippen molar-refractivity contribution in [1.82, 2.24) is 9.66 Å². The summed E-state index contributed by atoms with van der Waals surface area (Å²) in [6, 6.07) is 16.8. The van der Waals surface area contributed by atoms with Crippen LogP contribution in [0.1, 0.15) is 43.1 Å². The molecule has 0 bridgehead atoms. The fourth-order valence-corrected chi connectivity index (χ4v) is 4.10. The van der Waals surface area contributed by atoms with Crippen LogP contribution in [0.5, 0.6) is 5.75 Å². The second kappa shape index (κ2) is 11.0. The van der Waals surface area contributed by atoms with Gasteiger partial charge in [-0.2, -0.15) is 9.78 Å². The number of nitro benzene ring substituents is 1. The first-order chi connectivity index (χ1) is 17.3. The van der Waals surface area contributed by atoms with Gasteiger partial charge in [0.15, 0.2) is 0 Å². The van der Waals surface area contributed by atoms with Crippen molar-refractivity contribution in [2.24, 2.45) is 5.10 Å². The van der Waals surface area contributed by atoms with Crippen molar-refractivity contribution >= 4 is 50.3 Å². The van der Waals surface area contributed by atoms with E-state index >= 15 is 0 Å². The van der Waals surface area contributed by atoms with Crippen LogP contribution in [0.15, 0.2) is 75.0 Å². The Balaban J connectivity index is 1.80. The lowest BCUT2D eigenvalue weighted by atomic mass is 10.1. The summed E-state index contributed by atoms with van der Waals surface area (Å²) in [6.45, 7) is 4.11. The Morgan fingerprint density at radius 3 is 2.72 bits per heavy atom. The molecule has 4 aromatic rings. The first-order valence-corrected chi connectivity index (χ1v) is 12.4. The summed E-state index contributed by atoms with van der Waals surface area (Å²) in [4.78, 5) is 29.0. The van der Waals surface area contributed by atoms with Crippen molar-refractivity contribution in [3.8, 4) is 5.75 Å². The number of nitro groups is 1. The Hall–Kier alpha value is -3.56. The Morgan fingerprint density at radius 2 is 2.00 bits per heavy atom. The summed E-state index contributed by atoms with van der Waals surface area (Å²) < 4.78 is 7.93. The van der Waals surface area contributed by atoms with E-state index in [9.17, 15) is 14.9 Å². The number of hydrogen-bond donors (Lipinski definition) is 0. The van der Waals surface area contributed by atoms with Crippen LogP contribution in [0.4, 0.5) is 5.69 Å². The van der Waals surface area contributed by atoms with E-state index in [1.807, 2.05) is 38.1 Å². The number of hydrogen-bond acceptors (Lipinski definition) is 6. The maximum absolute atomic E-state index is 13.4. The number of aromatic nitrogens is 2. The molecule has 184 valence electrons. The van der Waals surface area contributed by atoms with Gasteiger partial charge < -0.3 is 4.74 Å². The van der Waals surface area contributed by atoms with Gasteiger partial charge in [0.25, 0.3) is 11.2 Å². The summed E-state index contributed by atoms with van der Waals surface area (Å²) in [5, 5.41) is 16.8. The van der Waals surface area contributed by atoms with Gasteiger partial charge in [-0.25, -0.2) is 4.98 Å². The van der Waals surface area contributed by atoms with Gasteiger partial charge in [-0.3, -0.25) is 14.9 Å². The molecule has 0 radical (unpaired) electrons. The molecular formula is C26H22BrClN4O4. The SMILES string of the molecule is CC[C@@H](C)c1nc2ccc(Br)cc2c(=O)n1N=Cc1cc([N+](=O)[O-])ccc1OCc1ccccc1Cl. The zero-order chi connectivity index (χ0) is 25.8. The van der Waals surface area contributed by atoms with Crippen molar-refractivity contribution in [1.29, 1.82) is 0 Å². The number of nitrogens with zero attached hydrogens (tertiary/aromatic N) is 4. The molecule has 0 aliphatic heterocycles. The molecule has 0 spiro atoms. The van der Waals surface area contributed by atoms with Crippen molar-refractivity contribution in [2.75, 3.05) is 0 Å². The van der Waals surface area contributed by atoms with Crippen LogP contribution in [0.2, 0.25) is 5.02 Å². The van der Waals surface area contributed by atoms with E-state index in [0.717, 1.165) is 16.5 Å². The molecule has 3 aromatic carbocycles. The summed E-state index contributed by atoms with van der Waals surface area (Å²) in [5.41, 5.74) is 1.21. The van der Waals surface area contributed by atoms with Gasteiger partial charge in [-0.05, 0) is 36.8 Å². The summed E-state index contributed by atoms with van der Waals surface area (Å²) >= 11 is 9.63. The Bertz CT molecular complexity index is 1540. The average molecular weight is 570 g/mol. The third-order valence-electron chi connectivity index (χ3n) is 5.74. The van der Waals surface area contributed by atoms with Crippen LogP contribution in [0.3, 0.4) is 0 Å². The van der Waals surface area contributed by atoms with Crippen LogP contribution in [0, 0.1) is 10.1 Å². The Kier molecular flexibility index (Phi) is 7.81. The van der Waals surface area contributed by atoms with E-state index in [1.165, 1.54) is 29.1 Å². The molecule has 0 unspecified atom stereocenters. The van der Waals surface area contributed by atoms with E-state index in [4.69, 9.17) is 16.3 Å². The molecule has 0 aliphatic carbocycles. The standard InChI is InChI=1S/C26H22BrClN4O4/c1-3-16(2)25-30-23-10-8-19(27)13-21(23)26(33)31(25)29-14-18-12-20(32(34)35)9-11-24(18)36-15-17-6-4-5-7-22(17)28/h4-14,16H,3,15H2,1-2H3/t16-/m1/s1. The third kappa shape index (κ3) is 5.47. The van der Waals surface area contributed by atoms with E-state index in [-0.39, 0.29) is 23.8 Å². The molecule has 10 heteroatoms. The van der Waals surface area contributed by atoms with Crippen LogP contribution in [-0.2, 0) is 6.61 Å². The highest BCUT2D eigenvalue weighted by Crippen LogP contribution is 2.26. The van der Waals surface area contributed by atoms with E-state index < -0.39 is 4.92 Å². The lowest BCUT2D eigenvalue weighted by Gasteiger charge is -2.14. The predicted molar refractivity (Wildman–Crippen MR) is 144 cm³/mol. The molecule has 36 heavy (non-hydrogen) atoms. The minimum absolute atomic E-state index is 0.0519. The van der Waals surface area contributed by atoms with Gasteiger partial charge in [0.05, 0.1) is 22.0 Å². The van der Waals surface area contributed by atoms with Crippen molar-refractivity contribution in [2.45, 2.75) is 32.8 Å². The molecule has 0 saturated carbocycles. The third-order valence-corrected chi connectivity index (χ3v) is 6.61. The van der Waals surface area contributed by atoms with Gasteiger partial charge in [0, 0.05) is 38.7 Å². The predicted octanol–water partition coefficient (Wildman–Crippen LogP) is 6.70. The molecular weight excluding hydrogens is 548 g/mol. The molecule has 0 N–H and O–H groups in total. The van der Waals surface area contributed by atoms with Gasteiger partial charge in [-0.15, -0.1) is 0 Å².